The van der Waals surface area contributed by atoms with Crippen LogP contribution in [0.25, 0.3) is 0 Å². The summed E-state index contributed by atoms with van der Waals surface area (Å²) in [6, 6.07) is 3.84. The number of phenolic OH excluding ortho intramolecular Hbond substituents is 2. The highest BCUT2D eigenvalue weighted by Crippen LogP contribution is 2.20. The lowest BCUT2D eigenvalue weighted by Crippen LogP contribution is -2.24. The molecule has 0 aliphatic rings. The minimum atomic E-state index is -0.276. The van der Waals surface area contributed by atoms with E-state index in [0.29, 0.717) is 6.54 Å². The lowest BCUT2D eigenvalue weighted by molar-refractivity contribution is 0.0952. The lowest BCUT2D eigenvalue weighted by Gasteiger charge is -2.05. The second-order valence-corrected chi connectivity index (χ2v) is 3.70. The van der Waals surface area contributed by atoms with E-state index < -0.39 is 0 Å². The number of carbonyl (C=O) groups is 1. The molecule has 1 aromatic carbocycles. The molecule has 0 aromatic heterocycles. The summed E-state index contributed by atoms with van der Waals surface area (Å²) in [4.78, 5) is 11.6. The minimum absolute atomic E-state index is 0.112. The molecule has 0 unspecified atom stereocenters. The van der Waals surface area contributed by atoms with Crippen molar-refractivity contribution in [1.29, 1.82) is 0 Å². The molecule has 88 valence electrons. The third kappa shape index (κ3) is 3.81. The van der Waals surface area contributed by atoms with Crippen LogP contribution in [0.5, 0.6) is 11.5 Å². The Morgan fingerprint density at radius 3 is 2.38 bits per heavy atom. The van der Waals surface area contributed by atoms with E-state index in [4.69, 9.17) is 0 Å². The maximum Gasteiger partial charge on any atom is 0.251 e. The predicted molar refractivity (Wildman–Crippen MR) is 61.6 cm³/mol. The van der Waals surface area contributed by atoms with Crippen LogP contribution in [-0.4, -0.2) is 22.7 Å². The van der Waals surface area contributed by atoms with Crippen molar-refractivity contribution in [1.82, 2.24) is 5.32 Å². The van der Waals surface area contributed by atoms with Gasteiger partial charge in [0.05, 0.1) is 0 Å². The fourth-order valence-electron chi connectivity index (χ4n) is 1.41. The van der Waals surface area contributed by atoms with Crippen LogP contribution in [0.2, 0.25) is 0 Å². The van der Waals surface area contributed by atoms with Crippen molar-refractivity contribution < 1.29 is 15.0 Å². The molecule has 0 radical (unpaired) electrons. The van der Waals surface area contributed by atoms with Gasteiger partial charge >= 0.3 is 0 Å². The molecule has 1 amide bonds. The van der Waals surface area contributed by atoms with Gasteiger partial charge in [0, 0.05) is 18.2 Å². The number of hydrogen-bond acceptors (Lipinski definition) is 3. The summed E-state index contributed by atoms with van der Waals surface area (Å²) >= 11 is 0. The monoisotopic (exact) mass is 223 g/mol. The van der Waals surface area contributed by atoms with E-state index >= 15 is 0 Å². The molecule has 1 rings (SSSR count). The van der Waals surface area contributed by atoms with Crippen LogP contribution in [-0.2, 0) is 0 Å². The summed E-state index contributed by atoms with van der Waals surface area (Å²) in [5, 5.41) is 21.2. The fraction of sp³-hybridized carbons (Fsp3) is 0.417. The maximum absolute atomic E-state index is 11.6. The van der Waals surface area contributed by atoms with Crippen molar-refractivity contribution in [2.24, 2.45) is 0 Å². The Hall–Kier alpha value is -1.71. The van der Waals surface area contributed by atoms with E-state index in [0.717, 1.165) is 19.3 Å². The third-order valence-electron chi connectivity index (χ3n) is 2.23. The number of rotatable bonds is 5. The van der Waals surface area contributed by atoms with Crippen molar-refractivity contribution >= 4 is 5.91 Å². The molecule has 0 saturated heterocycles. The molecule has 3 N–H and O–H groups in total. The number of hydrogen-bond donors (Lipinski definition) is 3. The summed E-state index contributed by atoms with van der Waals surface area (Å²) < 4.78 is 0. The lowest BCUT2D eigenvalue weighted by atomic mass is 10.2. The van der Waals surface area contributed by atoms with Crippen LogP contribution in [0.4, 0.5) is 0 Å². The SMILES string of the molecule is CCCCCNC(=O)c1cc(O)cc(O)c1. The van der Waals surface area contributed by atoms with Crippen LogP contribution < -0.4 is 5.32 Å². The van der Waals surface area contributed by atoms with Gasteiger partial charge in [-0.2, -0.15) is 0 Å². The van der Waals surface area contributed by atoms with E-state index in [1.165, 1.54) is 18.2 Å². The highest BCUT2D eigenvalue weighted by atomic mass is 16.3. The zero-order valence-electron chi connectivity index (χ0n) is 9.36. The van der Waals surface area contributed by atoms with Gasteiger partial charge in [0.1, 0.15) is 11.5 Å². The van der Waals surface area contributed by atoms with Gasteiger partial charge in [0.15, 0.2) is 0 Å². The Labute approximate surface area is 94.9 Å². The number of carbonyl (C=O) groups excluding carboxylic acids is 1. The van der Waals surface area contributed by atoms with Crippen LogP contribution >= 0.6 is 0 Å². The summed E-state index contributed by atoms with van der Waals surface area (Å²) in [6.45, 7) is 2.71. The van der Waals surface area contributed by atoms with E-state index in [1.54, 1.807) is 0 Å². The molecule has 4 heteroatoms. The molecule has 16 heavy (non-hydrogen) atoms. The van der Waals surface area contributed by atoms with Crippen molar-refractivity contribution in [2.75, 3.05) is 6.54 Å². The highest BCUT2D eigenvalue weighted by Gasteiger charge is 2.07. The van der Waals surface area contributed by atoms with Gasteiger partial charge in [0.25, 0.3) is 5.91 Å². The topological polar surface area (TPSA) is 69.6 Å². The molecule has 0 bridgehead atoms. The van der Waals surface area contributed by atoms with Crippen LogP contribution in [0.3, 0.4) is 0 Å². The van der Waals surface area contributed by atoms with Crippen molar-refractivity contribution in [3.63, 3.8) is 0 Å². The van der Waals surface area contributed by atoms with E-state index in [-0.39, 0.29) is 23.0 Å². The molecule has 0 heterocycles. The molecular weight excluding hydrogens is 206 g/mol. The van der Waals surface area contributed by atoms with Gasteiger partial charge < -0.3 is 15.5 Å². The first kappa shape index (κ1) is 12.4. The first-order chi connectivity index (χ1) is 7.63. The summed E-state index contributed by atoms with van der Waals surface area (Å²) in [5.74, 6) is -0.500. The second kappa shape index (κ2) is 6.00. The smallest absolute Gasteiger partial charge is 0.251 e. The zero-order valence-corrected chi connectivity index (χ0v) is 9.36. The fourth-order valence-corrected chi connectivity index (χ4v) is 1.41. The van der Waals surface area contributed by atoms with Crippen LogP contribution in [0.1, 0.15) is 36.5 Å². The Balaban J connectivity index is 2.52. The average Bonchev–Trinajstić information content (AvgIpc) is 2.22. The molecule has 4 nitrogen and oxygen atoms in total. The number of aromatic hydroxyl groups is 2. The van der Waals surface area contributed by atoms with Gasteiger partial charge in [-0.15, -0.1) is 0 Å². The Bertz CT molecular complexity index is 343. The summed E-state index contributed by atoms with van der Waals surface area (Å²) in [7, 11) is 0. The standard InChI is InChI=1S/C12H17NO3/c1-2-3-4-5-13-12(16)9-6-10(14)8-11(15)7-9/h6-8,14-15H,2-5H2,1H3,(H,13,16). The summed E-state index contributed by atoms with van der Waals surface area (Å²) in [5.41, 5.74) is 0.272. The first-order valence-corrected chi connectivity index (χ1v) is 5.44. The molecule has 0 aliphatic carbocycles. The Morgan fingerprint density at radius 2 is 1.81 bits per heavy atom. The van der Waals surface area contributed by atoms with Gasteiger partial charge in [0.2, 0.25) is 0 Å². The van der Waals surface area contributed by atoms with Crippen molar-refractivity contribution in [3.05, 3.63) is 23.8 Å². The molecule has 1 aromatic rings. The minimum Gasteiger partial charge on any atom is -0.508 e. The summed E-state index contributed by atoms with van der Waals surface area (Å²) in [6.07, 6.45) is 3.11. The van der Waals surface area contributed by atoms with E-state index in [1.807, 2.05) is 0 Å². The normalized spacial score (nSPS) is 10.1. The van der Waals surface area contributed by atoms with Crippen molar-refractivity contribution in [3.8, 4) is 11.5 Å². The Morgan fingerprint density at radius 1 is 1.19 bits per heavy atom. The maximum atomic E-state index is 11.6. The molecule has 0 saturated carbocycles. The second-order valence-electron chi connectivity index (χ2n) is 3.70. The largest absolute Gasteiger partial charge is 0.508 e. The molecule has 0 fully saturated rings. The molecule has 0 aliphatic heterocycles. The number of benzene rings is 1. The predicted octanol–water partition coefficient (Wildman–Crippen LogP) is 2.02. The molecular formula is C12H17NO3. The van der Waals surface area contributed by atoms with Gasteiger partial charge in [-0.05, 0) is 18.6 Å². The number of phenols is 2. The average molecular weight is 223 g/mol. The van der Waals surface area contributed by atoms with Crippen LogP contribution in [0.15, 0.2) is 18.2 Å². The van der Waals surface area contributed by atoms with Gasteiger partial charge in [-0.1, -0.05) is 19.8 Å². The number of amides is 1. The highest BCUT2D eigenvalue weighted by molar-refractivity contribution is 5.94. The zero-order chi connectivity index (χ0) is 12.0. The van der Waals surface area contributed by atoms with Gasteiger partial charge in [-0.25, -0.2) is 0 Å². The quantitative estimate of drug-likeness (QED) is 0.669. The van der Waals surface area contributed by atoms with Gasteiger partial charge in [-0.3, -0.25) is 4.79 Å². The molecule has 0 spiro atoms. The third-order valence-corrected chi connectivity index (χ3v) is 2.23. The van der Waals surface area contributed by atoms with E-state index in [2.05, 4.69) is 12.2 Å². The number of nitrogens with one attached hydrogen (secondary N) is 1. The Kier molecular flexibility index (Phi) is 4.64. The number of unbranched alkanes of at least 4 members (excludes halogenated alkanes) is 2. The van der Waals surface area contributed by atoms with Crippen LogP contribution in [0, 0.1) is 0 Å². The van der Waals surface area contributed by atoms with E-state index in [9.17, 15) is 15.0 Å². The molecule has 0 atom stereocenters. The first-order valence-electron chi connectivity index (χ1n) is 5.44. The van der Waals surface area contributed by atoms with Crippen molar-refractivity contribution in [2.45, 2.75) is 26.2 Å².